The average molecular weight is 161 g/mol. The summed E-state index contributed by atoms with van der Waals surface area (Å²) < 4.78 is 0. The Balaban J connectivity index is 2.22. The van der Waals surface area contributed by atoms with E-state index in [2.05, 4.69) is 40.6 Å². The monoisotopic (exact) mass is 161 g/mol. The molecule has 3 heteroatoms. The Kier molecular flexibility index (Phi) is 1.78. The second-order valence-corrected chi connectivity index (χ2v) is 3.05. The molecule has 0 amide bonds. The third-order valence-corrected chi connectivity index (χ3v) is 2.05. The van der Waals surface area contributed by atoms with Crippen molar-refractivity contribution in [1.82, 2.24) is 15.4 Å². The zero-order valence-electron chi connectivity index (χ0n) is 6.99. The van der Waals surface area contributed by atoms with E-state index >= 15 is 0 Å². The summed E-state index contributed by atoms with van der Waals surface area (Å²) in [4.78, 5) is 0. The van der Waals surface area contributed by atoms with E-state index in [9.17, 15) is 0 Å². The van der Waals surface area contributed by atoms with Crippen molar-refractivity contribution < 1.29 is 0 Å². The number of H-pyrrole nitrogens is 1. The molecule has 12 heavy (non-hydrogen) atoms. The molecule has 0 aliphatic heterocycles. The van der Waals surface area contributed by atoms with Gasteiger partial charge in [0, 0.05) is 5.92 Å². The van der Waals surface area contributed by atoms with Crippen LogP contribution >= 0.6 is 0 Å². The molecule has 1 N–H and O–H groups in total. The SMILES string of the molecule is CC1=CC(c2cn[nH]n2)CC=C1. The summed E-state index contributed by atoms with van der Waals surface area (Å²) in [5.41, 5.74) is 2.33. The van der Waals surface area contributed by atoms with Crippen LogP contribution in [0, 0.1) is 0 Å². The quantitative estimate of drug-likeness (QED) is 0.682. The normalized spacial score (nSPS) is 22.4. The third kappa shape index (κ3) is 1.30. The lowest BCUT2D eigenvalue weighted by atomic mass is 9.94. The molecule has 1 aromatic rings. The van der Waals surface area contributed by atoms with Crippen molar-refractivity contribution in [3.8, 4) is 0 Å². The van der Waals surface area contributed by atoms with Gasteiger partial charge in [-0.15, -0.1) is 0 Å². The molecule has 0 bridgehead atoms. The van der Waals surface area contributed by atoms with E-state index in [1.807, 2.05) is 0 Å². The topological polar surface area (TPSA) is 41.6 Å². The summed E-state index contributed by atoms with van der Waals surface area (Å²) in [6, 6.07) is 0. The summed E-state index contributed by atoms with van der Waals surface area (Å²) in [6.45, 7) is 2.10. The van der Waals surface area contributed by atoms with Crippen LogP contribution in [0.2, 0.25) is 0 Å². The molecular weight excluding hydrogens is 150 g/mol. The van der Waals surface area contributed by atoms with Crippen molar-refractivity contribution in [3.63, 3.8) is 0 Å². The minimum Gasteiger partial charge on any atom is -0.198 e. The Labute approximate surface area is 71.2 Å². The zero-order valence-corrected chi connectivity index (χ0v) is 6.99. The van der Waals surface area contributed by atoms with E-state index in [1.165, 1.54) is 5.57 Å². The molecular formula is C9H11N3. The van der Waals surface area contributed by atoms with E-state index in [0.29, 0.717) is 5.92 Å². The van der Waals surface area contributed by atoms with E-state index in [4.69, 9.17) is 0 Å². The Hall–Kier alpha value is -1.38. The predicted octanol–water partition coefficient (Wildman–Crippen LogP) is 1.79. The van der Waals surface area contributed by atoms with Crippen molar-refractivity contribution in [1.29, 1.82) is 0 Å². The molecule has 1 aliphatic carbocycles. The maximum absolute atomic E-state index is 4.06. The van der Waals surface area contributed by atoms with Crippen LogP contribution in [0.3, 0.4) is 0 Å². The number of hydrogen-bond acceptors (Lipinski definition) is 2. The number of nitrogens with one attached hydrogen (secondary N) is 1. The Morgan fingerprint density at radius 3 is 3.17 bits per heavy atom. The number of aromatic nitrogens is 3. The van der Waals surface area contributed by atoms with Crippen molar-refractivity contribution in [2.45, 2.75) is 19.3 Å². The van der Waals surface area contributed by atoms with Crippen LogP contribution in [-0.4, -0.2) is 15.4 Å². The van der Waals surface area contributed by atoms with Crippen LogP contribution in [0.1, 0.15) is 25.0 Å². The molecule has 2 rings (SSSR count). The summed E-state index contributed by atoms with van der Waals surface area (Å²) in [6.07, 6.45) is 9.35. The number of hydrogen-bond donors (Lipinski definition) is 1. The lowest BCUT2D eigenvalue weighted by Gasteiger charge is -2.11. The minimum absolute atomic E-state index is 0.411. The summed E-state index contributed by atoms with van der Waals surface area (Å²) in [7, 11) is 0. The van der Waals surface area contributed by atoms with Gasteiger partial charge < -0.3 is 0 Å². The Morgan fingerprint density at radius 2 is 2.50 bits per heavy atom. The molecule has 0 spiro atoms. The molecule has 62 valence electrons. The largest absolute Gasteiger partial charge is 0.198 e. The smallest absolute Gasteiger partial charge is 0.0896 e. The third-order valence-electron chi connectivity index (χ3n) is 2.05. The van der Waals surface area contributed by atoms with Crippen molar-refractivity contribution in [2.24, 2.45) is 0 Å². The lowest BCUT2D eigenvalue weighted by Crippen LogP contribution is -1.98. The van der Waals surface area contributed by atoms with Crippen LogP contribution in [-0.2, 0) is 0 Å². The molecule has 0 saturated carbocycles. The molecule has 0 fully saturated rings. The summed E-state index contributed by atoms with van der Waals surface area (Å²) in [5.74, 6) is 0.411. The van der Waals surface area contributed by atoms with E-state index < -0.39 is 0 Å². The van der Waals surface area contributed by atoms with Gasteiger partial charge in [-0.1, -0.05) is 23.8 Å². The van der Waals surface area contributed by atoms with Crippen LogP contribution in [0.15, 0.2) is 30.0 Å². The van der Waals surface area contributed by atoms with Crippen LogP contribution < -0.4 is 0 Å². The second-order valence-electron chi connectivity index (χ2n) is 3.05. The molecule has 1 aliphatic rings. The van der Waals surface area contributed by atoms with Crippen molar-refractivity contribution in [3.05, 3.63) is 35.7 Å². The van der Waals surface area contributed by atoms with Crippen LogP contribution in [0.25, 0.3) is 0 Å². The first kappa shape index (κ1) is 7.28. The molecule has 0 radical (unpaired) electrons. The Morgan fingerprint density at radius 1 is 1.58 bits per heavy atom. The highest BCUT2D eigenvalue weighted by molar-refractivity contribution is 5.27. The van der Waals surface area contributed by atoms with Gasteiger partial charge in [-0.2, -0.15) is 15.4 Å². The number of aromatic amines is 1. The first-order valence-electron chi connectivity index (χ1n) is 4.07. The van der Waals surface area contributed by atoms with Gasteiger partial charge in [0.1, 0.15) is 0 Å². The number of nitrogens with zero attached hydrogens (tertiary/aromatic N) is 2. The molecule has 0 saturated heterocycles. The number of allylic oxidation sites excluding steroid dienone is 4. The van der Waals surface area contributed by atoms with Gasteiger partial charge in [-0.25, -0.2) is 0 Å². The highest BCUT2D eigenvalue weighted by atomic mass is 15.3. The van der Waals surface area contributed by atoms with Gasteiger partial charge in [0.25, 0.3) is 0 Å². The maximum Gasteiger partial charge on any atom is 0.0896 e. The Bertz CT molecular complexity index is 309. The molecule has 1 aromatic heterocycles. The summed E-state index contributed by atoms with van der Waals surface area (Å²) in [5, 5.41) is 10.5. The zero-order chi connectivity index (χ0) is 8.39. The van der Waals surface area contributed by atoms with Gasteiger partial charge in [0.15, 0.2) is 0 Å². The van der Waals surface area contributed by atoms with Gasteiger partial charge in [-0.05, 0) is 13.3 Å². The van der Waals surface area contributed by atoms with E-state index in [0.717, 1.165) is 12.1 Å². The van der Waals surface area contributed by atoms with E-state index in [1.54, 1.807) is 6.20 Å². The lowest BCUT2D eigenvalue weighted by molar-refractivity contribution is 0.793. The van der Waals surface area contributed by atoms with Gasteiger partial charge in [0.2, 0.25) is 0 Å². The first-order chi connectivity index (χ1) is 5.86. The first-order valence-corrected chi connectivity index (χ1v) is 4.07. The highest BCUT2D eigenvalue weighted by Gasteiger charge is 2.11. The van der Waals surface area contributed by atoms with Crippen LogP contribution in [0.5, 0.6) is 0 Å². The predicted molar refractivity (Wildman–Crippen MR) is 46.6 cm³/mol. The highest BCUT2D eigenvalue weighted by Crippen LogP contribution is 2.24. The molecule has 0 aromatic carbocycles. The van der Waals surface area contributed by atoms with Gasteiger partial charge in [-0.3, -0.25) is 0 Å². The fourth-order valence-corrected chi connectivity index (χ4v) is 1.44. The molecule has 1 unspecified atom stereocenters. The fourth-order valence-electron chi connectivity index (χ4n) is 1.44. The molecule has 1 heterocycles. The standard InChI is InChI=1S/C9H11N3/c1-7-3-2-4-8(5-7)9-6-10-12-11-9/h2-3,5-6,8H,4H2,1H3,(H,10,11,12). The van der Waals surface area contributed by atoms with Crippen LogP contribution in [0.4, 0.5) is 0 Å². The van der Waals surface area contributed by atoms with E-state index in [-0.39, 0.29) is 0 Å². The molecule has 3 nitrogen and oxygen atoms in total. The second kappa shape index (κ2) is 2.93. The summed E-state index contributed by atoms with van der Waals surface area (Å²) >= 11 is 0. The van der Waals surface area contributed by atoms with Gasteiger partial charge in [0.05, 0.1) is 11.9 Å². The van der Waals surface area contributed by atoms with Crippen molar-refractivity contribution in [2.75, 3.05) is 0 Å². The van der Waals surface area contributed by atoms with Crippen molar-refractivity contribution >= 4 is 0 Å². The van der Waals surface area contributed by atoms with Gasteiger partial charge >= 0.3 is 0 Å². The molecule has 1 atom stereocenters. The maximum atomic E-state index is 4.06. The fraction of sp³-hybridized carbons (Fsp3) is 0.333. The minimum atomic E-state index is 0.411. The number of rotatable bonds is 1. The average Bonchev–Trinajstić information content (AvgIpc) is 2.56.